The van der Waals surface area contributed by atoms with Crippen molar-refractivity contribution in [1.82, 2.24) is 15.0 Å². The second kappa shape index (κ2) is 7.03. The van der Waals surface area contributed by atoms with Crippen molar-refractivity contribution in [3.8, 4) is 5.88 Å². The summed E-state index contributed by atoms with van der Waals surface area (Å²) in [6.45, 7) is 3.74. The third-order valence-corrected chi connectivity index (χ3v) is 4.94. The largest absolute Gasteiger partial charge is 0.476 e. The van der Waals surface area contributed by atoms with Gasteiger partial charge in [0.25, 0.3) is 5.88 Å². The van der Waals surface area contributed by atoms with Crippen LogP contribution in [-0.4, -0.2) is 34.1 Å². The molecule has 0 saturated heterocycles. The molecule has 0 atom stereocenters. The number of aromatic amines is 1. The number of aromatic nitrogens is 2. The highest BCUT2D eigenvalue weighted by molar-refractivity contribution is 6.31. The van der Waals surface area contributed by atoms with Gasteiger partial charge < -0.3 is 19.1 Å². The molecule has 1 N–H and O–H groups in total. The van der Waals surface area contributed by atoms with Crippen LogP contribution < -0.4 is 4.74 Å². The van der Waals surface area contributed by atoms with Gasteiger partial charge in [-0.25, -0.2) is 0 Å². The lowest BCUT2D eigenvalue weighted by Gasteiger charge is -2.27. The maximum Gasteiger partial charge on any atom is 0.254 e. The molecule has 136 valence electrons. The Morgan fingerprint density at radius 3 is 3.15 bits per heavy atom. The van der Waals surface area contributed by atoms with Crippen LogP contribution in [0.1, 0.15) is 30.4 Å². The number of nitrogens with one attached hydrogen (secondary N) is 1. The van der Waals surface area contributed by atoms with Gasteiger partial charge in [-0.1, -0.05) is 11.6 Å². The van der Waals surface area contributed by atoms with E-state index in [0.717, 1.165) is 28.0 Å². The van der Waals surface area contributed by atoms with E-state index in [4.69, 9.17) is 20.9 Å². The molecule has 0 saturated carbocycles. The second-order valence-electron chi connectivity index (χ2n) is 6.40. The summed E-state index contributed by atoms with van der Waals surface area (Å²) in [5, 5.41) is 5.71. The van der Waals surface area contributed by atoms with Crippen molar-refractivity contribution < 1.29 is 14.1 Å². The van der Waals surface area contributed by atoms with E-state index in [-0.39, 0.29) is 5.91 Å². The number of aryl methyl sites for hydroxylation is 1. The zero-order chi connectivity index (χ0) is 18.1. The number of fused-ring (bicyclic) bond motifs is 3. The van der Waals surface area contributed by atoms with Gasteiger partial charge in [0.15, 0.2) is 0 Å². The Bertz CT molecular complexity index is 947. The number of H-pyrrole nitrogens is 1. The molecule has 7 heteroatoms. The molecule has 2 aromatic heterocycles. The summed E-state index contributed by atoms with van der Waals surface area (Å²) in [5.41, 5.74) is 3.43. The predicted octanol–water partition coefficient (Wildman–Crippen LogP) is 3.73. The van der Waals surface area contributed by atoms with Gasteiger partial charge >= 0.3 is 0 Å². The Morgan fingerprint density at radius 2 is 2.31 bits per heavy atom. The van der Waals surface area contributed by atoms with E-state index in [1.807, 2.05) is 30.0 Å². The molecular weight excluding hydrogens is 354 g/mol. The lowest BCUT2D eigenvalue weighted by molar-refractivity contribution is -0.132. The molecule has 0 spiro atoms. The Kier molecular flexibility index (Phi) is 4.59. The zero-order valence-electron chi connectivity index (χ0n) is 14.5. The van der Waals surface area contributed by atoms with Crippen molar-refractivity contribution in [2.45, 2.75) is 32.7 Å². The topological polar surface area (TPSA) is 71.4 Å². The second-order valence-corrected chi connectivity index (χ2v) is 6.84. The summed E-state index contributed by atoms with van der Waals surface area (Å²) >= 11 is 6.12. The Hall–Kier alpha value is -2.47. The van der Waals surface area contributed by atoms with Crippen LogP contribution in [-0.2, 0) is 24.2 Å². The van der Waals surface area contributed by atoms with E-state index in [1.165, 1.54) is 5.56 Å². The third kappa shape index (κ3) is 3.29. The van der Waals surface area contributed by atoms with Crippen LogP contribution in [0.5, 0.6) is 5.88 Å². The Morgan fingerprint density at radius 1 is 1.42 bits per heavy atom. The lowest BCUT2D eigenvalue weighted by Crippen LogP contribution is -2.35. The number of amides is 1. The van der Waals surface area contributed by atoms with Gasteiger partial charge in [-0.2, -0.15) is 0 Å². The van der Waals surface area contributed by atoms with Gasteiger partial charge in [-0.05, 0) is 42.3 Å². The van der Waals surface area contributed by atoms with Crippen molar-refractivity contribution in [1.29, 1.82) is 0 Å². The highest BCUT2D eigenvalue weighted by atomic mass is 35.5. The summed E-state index contributed by atoms with van der Waals surface area (Å²) in [6.07, 6.45) is 1.74. The molecule has 1 aliphatic heterocycles. The average Bonchev–Trinajstić information content (AvgIpc) is 3.23. The zero-order valence-corrected chi connectivity index (χ0v) is 15.3. The summed E-state index contributed by atoms with van der Waals surface area (Å²) in [7, 11) is 0. The predicted molar refractivity (Wildman–Crippen MR) is 98.4 cm³/mol. The highest BCUT2D eigenvalue weighted by Crippen LogP contribution is 2.29. The van der Waals surface area contributed by atoms with E-state index < -0.39 is 0 Å². The molecule has 4 rings (SSSR count). The Labute approximate surface area is 156 Å². The maximum atomic E-state index is 12.6. The summed E-state index contributed by atoms with van der Waals surface area (Å²) in [6, 6.07) is 7.60. The van der Waals surface area contributed by atoms with E-state index in [9.17, 15) is 4.79 Å². The molecule has 1 amide bonds. The molecular formula is C19H20ClN3O3. The lowest BCUT2D eigenvalue weighted by atomic mass is 10.0. The third-order valence-electron chi connectivity index (χ3n) is 4.70. The molecule has 1 aromatic carbocycles. The van der Waals surface area contributed by atoms with Crippen LogP contribution in [0.4, 0.5) is 0 Å². The van der Waals surface area contributed by atoms with Crippen molar-refractivity contribution in [3.05, 3.63) is 46.3 Å². The standard InChI is InChI=1S/C19H20ClN3O3/c1-2-25-18-10-13(26-22-18)4-6-19(24)23-8-7-14-15-9-12(20)3-5-16(15)21-17(14)11-23/h3,5,9-10,21H,2,4,6-8,11H2,1H3. The number of nitrogens with zero attached hydrogens (tertiary/aromatic N) is 2. The number of halogens is 1. The minimum Gasteiger partial charge on any atom is -0.476 e. The van der Waals surface area contributed by atoms with E-state index in [1.54, 1.807) is 6.07 Å². The fourth-order valence-corrected chi connectivity index (χ4v) is 3.61. The van der Waals surface area contributed by atoms with Crippen LogP contribution in [0.2, 0.25) is 5.02 Å². The van der Waals surface area contributed by atoms with E-state index in [2.05, 4.69) is 10.1 Å². The minimum atomic E-state index is 0.113. The van der Waals surface area contributed by atoms with Crippen LogP contribution in [0.3, 0.4) is 0 Å². The number of ether oxygens (including phenoxy) is 1. The van der Waals surface area contributed by atoms with Crippen LogP contribution in [0, 0.1) is 0 Å². The molecule has 0 radical (unpaired) electrons. The highest BCUT2D eigenvalue weighted by Gasteiger charge is 2.24. The van der Waals surface area contributed by atoms with Gasteiger partial charge in [0.2, 0.25) is 5.91 Å². The smallest absolute Gasteiger partial charge is 0.254 e. The molecule has 0 fully saturated rings. The molecule has 6 nitrogen and oxygen atoms in total. The first-order valence-electron chi connectivity index (χ1n) is 8.79. The fraction of sp³-hybridized carbons (Fsp3) is 0.368. The van der Waals surface area contributed by atoms with Gasteiger partial charge in [0, 0.05) is 47.1 Å². The van der Waals surface area contributed by atoms with Gasteiger partial charge in [-0.3, -0.25) is 4.79 Å². The van der Waals surface area contributed by atoms with Crippen molar-refractivity contribution in [2.24, 2.45) is 0 Å². The summed E-state index contributed by atoms with van der Waals surface area (Å²) in [5.74, 6) is 1.25. The Balaban J connectivity index is 1.41. The van der Waals surface area contributed by atoms with Gasteiger partial charge in [0.1, 0.15) is 5.76 Å². The van der Waals surface area contributed by atoms with Gasteiger partial charge in [0.05, 0.1) is 13.2 Å². The van der Waals surface area contributed by atoms with Crippen molar-refractivity contribution >= 4 is 28.4 Å². The maximum absolute atomic E-state index is 12.6. The van der Waals surface area contributed by atoms with Crippen LogP contribution in [0.15, 0.2) is 28.8 Å². The summed E-state index contributed by atoms with van der Waals surface area (Å²) < 4.78 is 10.5. The molecule has 26 heavy (non-hydrogen) atoms. The SMILES string of the molecule is CCOc1cc(CCC(=O)N2CCc3c([nH]c4ccc(Cl)cc34)C2)on1. The number of carbonyl (C=O) groups excluding carboxylic acids is 1. The van der Waals surface area contributed by atoms with Gasteiger partial charge in [-0.15, -0.1) is 0 Å². The van der Waals surface area contributed by atoms with Crippen LogP contribution in [0.25, 0.3) is 10.9 Å². The molecule has 1 aliphatic rings. The van der Waals surface area contributed by atoms with Crippen molar-refractivity contribution in [3.63, 3.8) is 0 Å². The number of hydrogen-bond acceptors (Lipinski definition) is 4. The molecule has 0 aliphatic carbocycles. The first-order valence-corrected chi connectivity index (χ1v) is 9.17. The van der Waals surface area contributed by atoms with Crippen molar-refractivity contribution in [2.75, 3.05) is 13.2 Å². The normalized spacial score (nSPS) is 13.8. The number of hydrogen-bond donors (Lipinski definition) is 1. The van der Waals surface area contributed by atoms with E-state index in [0.29, 0.717) is 44.2 Å². The molecule has 3 aromatic rings. The summed E-state index contributed by atoms with van der Waals surface area (Å²) in [4.78, 5) is 17.9. The molecule has 0 bridgehead atoms. The first-order chi connectivity index (χ1) is 12.6. The number of carbonyl (C=O) groups is 1. The average molecular weight is 374 g/mol. The fourth-order valence-electron chi connectivity index (χ4n) is 3.44. The first kappa shape index (κ1) is 17.0. The van der Waals surface area contributed by atoms with Crippen LogP contribution >= 0.6 is 11.6 Å². The molecule has 0 unspecified atom stereocenters. The number of rotatable bonds is 5. The van der Waals surface area contributed by atoms with E-state index >= 15 is 0 Å². The monoisotopic (exact) mass is 373 g/mol. The number of benzene rings is 1. The minimum absolute atomic E-state index is 0.113. The molecule has 3 heterocycles. The quantitative estimate of drug-likeness (QED) is 0.739.